The van der Waals surface area contributed by atoms with Crippen molar-refractivity contribution < 1.29 is 4.79 Å². The standard InChI is InChI=1S/C15H18N4OS/c1-17-13(20)7-8-19(2)15-11(14(16)21)9-10-5-3-4-6-12(10)18-15/h3-6,9H,7-8H2,1-2H3,(H2,16,21)(H,17,20). The molecule has 0 aliphatic rings. The highest BCUT2D eigenvalue weighted by molar-refractivity contribution is 7.80. The number of thiocarbonyl (C=S) groups is 1. The van der Waals surface area contributed by atoms with Crippen molar-refractivity contribution in [3.63, 3.8) is 0 Å². The number of carbonyl (C=O) groups excluding carboxylic acids is 1. The molecule has 0 spiro atoms. The van der Waals surface area contributed by atoms with Crippen LogP contribution in [-0.4, -0.2) is 36.5 Å². The SMILES string of the molecule is CNC(=O)CCN(C)c1nc2ccccc2cc1C(N)=S. The van der Waals surface area contributed by atoms with Gasteiger partial charge in [0.25, 0.3) is 0 Å². The minimum absolute atomic E-state index is 0.0143. The van der Waals surface area contributed by atoms with Gasteiger partial charge < -0.3 is 16.0 Å². The summed E-state index contributed by atoms with van der Waals surface area (Å²) in [7, 11) is 3.50. The van der Waals surface area contributed by atoms with Crippen LogP contribution < -0.4 is 16.0 Å². The van der Waals surface area contributed by atoms with Crippen molar-refractivity contribution in [1.82, 2.24) is 10.3 Å². The minimum atomic E-state index is -0.0143. The highest BCUT2D eigenvalue weighted by atomic mass is 32.1. The summed E-state index contributed by atoms with van der Waals surface area (Å²) >= 11 is 5.12. The molecule has 0 radical (unpaired) electrons. The molecular weight excluding hydrogens is 284 g/mol. The van der Waals surface area contributed by atoms with Gasteiger partial charge in [-0.25, -0.2) is 4.98 Å². The lowest BCUT2D eigenvalue weighted by Crippen LogP contribution is -2.28. The quantitative estimate of drug-likeness (QED) is 0.818. The van der Waals surface area contributed by atoms with E-state index in [9.17, 15) is 4.79 Å². The fraction of sp³-hybridized carbons (Fsp3) is 0.267. The molecule has 0 saturated heterocycles. The number of rotatable bonds is 5. The Morgan fingerprint density at radius 3 is 2.81 bits per heavy atom. The second-order valence-electron chi connectivity index (χ2n) is 4.76. The fourth-order valence-corrected chi connectivity index (χ4v) is 2.23. The number of benzene rings is 1. The molecule has 1 amide bonds. The third kappa shape index (κ3) is 3.46. The molecule has 0 unspecified atom stereocenters. The lowest BCUT2D eigenvalue weighted by Gasteiger charge is -2.21. The molecule has 1 heterocycles. The number of nitrogens with two attached hydrogens (primary N) is 1. The van der Waals surface area contributed by atoms with E-state index in [1.54, 1.807) is 7.05 Å². The maximum atomic E-state index is 11.4. The number of nitrogens with zero attached hydrogens (tertiary/aromatic N) is 2. The predicted molar refractivity (Wildman–Crippen MR) is 89.6 cm³/mol. The van der Waals surface area contributed by atoms with Gasteiger partial charge in [0.05, 0.1) is 11.1 Å². The molecule has 21 heavy (non-hydrogen) atoms. The number of amides is 1. The molecule has 0 aliphatic heterocycles. The first-order valence-corrected chi connectivity index (χ1v) is 7.05. The molecule has 5 nitrogen and oxygen atoms in total. The Morgan fingerprint density at radius 2 is 2.14 bits per heavy atom. The second-order valence-corrected chi connectivity index (χ2v) is 5.20. The number of carbonyl (C=O) groups is 1. The molecule has 110 valence electrons. The zero-order chi connectivity index (χ0) is 15.4. The summed E-state index contributed by atoms with van der Waals surface area (Å²) in [6.07, 6.45) is 0.387. The van der Waals surface area contributed by atoms with Gasteiger partial charge in [-0.3, -0.25) is 4.79 Å². The summed E-state index contributed by atoms with van der Waals surface area (Å²) in [6.45, 7) is 0.542. The van der Waals surface area contributed by atoms with Gasteiger partial charge in [-0.15, -0.1) is 0 Å². The van der Waals surface area contributed by atoms with Gasteiger partial charge in [-0.05, 0) is 12.1 Å². The van der Waals surface area contributed by atoms with E-state index in [1.165, 1.54) is 0 Å². The largest absolute Gasteiger partial charge is 0.389 e. The molecule has 2 rings (SSSR count). The summed E-state index contributed by atoms with van der Waals surface area (Å²) in [5, 5.41) is 3.59. The second kappa shape index (κ2) is 6.49. The number of hydrogen-bond acceptors (Lipinski definition) is 4. The molecule has 0 fully saturated rings. The molecule has 0 aliphatic carbocycles. The Labute approximate surface area is 129 Å². The lowest BCUT2D eigenvalue weighted by atomic mass is 10.1. The smallest absolute Gasteiger partial charge is 0.221 e. The number of anilines is 1. The average Bonchev–Trinajstić information content (AvgIpc) is 2.50. The third-order valence-electron chi connectivity index (χ3n) is 3.28. The molecular formula is C15H18N4OS. The van der Waals surface area contributed by atoms with Crippen molar-refractivity contribution in [1.29, 1.82) is 0 Å². The summed E-state index contributed by atoms with van der Waals surface area (Å²) in [6, 6.07) is 9.73. The van der Waals surface area contributed by atoms with Crippen molar-refractivity contribution >= 4 is 39.8 Å². The van der Waals surface area contributed by atoms with Crippen molar-refractivity contribution in [3.05, 3.63) is 35.9 Å². The van der Waals surface area contributed by atoms with Crippen LogP contribution in [0.25, 0.3) is 10.9 Å². The highest BCUT2D eigenvalue weighted by Gasteiger charge is 2.14. The zero-order valence-electron chi connectivity index (χ0n) is 12.1. The van der Waals surface area contributed by atoms with Gasteiger partial charge in [0, 0.05) is 32.4 Å². The maximum absolute atomic E-state index is 11.4. The molecule has 3 N–H and O–H groups in total. The Hall–Kier alpha value is -2.21. The predicted octanol–water partition coefficient (Wildman–Crippen LogP) is 1.44. The van der Waals surface area contributed by atoms with Gasteiger partial charge in [0.1, 0.15) is 10.8 Å². The van der Waals surface area contributed by atoms with E-state index in [4.69, 9.17) is 18.0 Å². The lowest BCUT2D eigenvalue weighted by molar-refractivity contribution is -0.120. The molecule has 6 heteroatoms. The topological polar surface area (TPSA) is 71.2 Å². The summed E-state index contributed by atoms with van der Waals surface area (Å²) in [5.74, 6) is 0.685. The first-order valence-electron chi connectivity index (χ1n) is 6.64. The maximum Gasteiger partial charge on any atom is 0.221 e. The summed E-state index contributed by atoms with van der Waals surface area (Å²) in [4.78, 5) is 18.2. The zero-order valence-corrected chi connectivity index (χ0v) is 12.9. The average molecular weight is 302 g/mol. The van der Waals surface area contributed by atoms with Crippen molar-refractivity contribution in [2.24, 2.45) is 5.73 Å². The van der Waals surface area contributed by atoms with Crippen LogP contribution in [0.4, 0.5) is 5.82 Å². The Kier molecular flexibility index (Phi) is 4.70. The highest BCUT2D eigenvalue weighted by Crippen LogP contribution is 2.23. The molecule has 1 aromatic heterocycles. The van der Waals surface area contributed by atoms with Crippen LogP contribution in [0.5, 0.6) is 0 Å². The third-order valence-corrected chi connectivity index (χ3v) is 3.50. The van der Waals surface area contributed by atoms with Crippen LogP contribution in [0.2, 0.25) is 0 Å². The Morgan fingerprint density at radius 1 is 1.43 bits per heavy atom. The molecule has 0 bridgehead atoms. The van der Waals surface area contributed by atoms with Crippen LogP contribution in [-0.2, 0) is 4.79 Å². The first-order chi connectivity index (χ1) is 10.0. The Bertz CT molecular complexity index is 686. The van der Waals surface area contributed by atoms with Crippen molar-refractivity contribution in [2.75, 3.05) is 25.5 Å². The van der Waals surface area contributed by atoms with E-state index < -0.39 is 0 Å². The van der Waals surface area contributed by atoms with E-state index in [2.05, 4.69) is 10.3 Å². The van der Waals surface area contributed by atoms with Gasteiger partial charge in [-0.1, -0.05) is 30.4 Å². The van der Waals surface area contributed by atoms with Gasteiger partial charge in [0.15, 0.2) is 0 Å². The fourth-order valence-electron chi connectivity index (χ4n) is 2.08. The van der Waals surface area contributed by atoms with Crippen LogP contribution >= 0.6 is 12.2 Å². The van der Waals surface area contributed by atoms with Gasteiger partial charge in [0.2, 0.25) is 5.91 Å². The normalized spacial score (nSPS) is 10.4. The van der Waals surface area contributed by atoms with E-state index in [1.807, 2.05) is 42.3 Å². The molecule has 0 saturated carbocycles. The monoisotopic (exact) mass is 302 g/mol. The number of nitrogens with one attached hydrogen (secondary N) is 1. The number of aromatic nitrogens is 1. The number of pyridine rings is 1. The van der Waals surface area contributed by atoms with Crippen LogP contribution in [0.3, 0.4) is 0 Å². The van der Waals surface area contributed by atoms with Gasteiger partial charge >= 0.3 is 0 Å². The number of para-hydroxylation sites is 1. The van der Waals surface area contributed by atoms with Crippen LogP contribution in [0, 0.1) is 0 Å². The molecule has 1 aromatic carbocycles. The van der Waals surface area contributed by atoms with E-state index in [-0.39, 0.29) is 5.91 Å². The molecule has 2 aromatic rings. The van der Waals surface area contributed by atoms with Crippen molar-refractivity contribution in [3.8, 4) is 0 Å². The van der Waals surface area contributed by atoms with E-state index >= 15 is 0 Å². The van der Waals surface area contributed by atoms with E-state index in [0.717, 1.165) is 16.5 Å². The minimum Gasteiger partial charge on any atom is -0.389 e. The first kappa shape index (κ1) is 15.2. The summed E-state index contributed by atoms with van der Waals surface area (Å²) < 4.78 is 0. The number of hydrogen-bond donors (Lipinski definition) is 2. The number of fused-ring (bicyclic) bond motifs is 1. The summed E-state index contributed by atoms with van der Waals surface area (Å²) in [5.41, 5.74) is 7.41. The van der Waals surface area contributed by atoms with Gasteiger partial charge in [-0.2, -0.15) is 0 Å². The van der Waals surface area contributed by atoms with Crippen LogP contribution in [0.1, 0.15) is 12.0 Å². The van der Waals surface area contributed by atoms with Crippen LogP contribution in [0.15, 0.2) is 30.3 Å². The molecule has 0 atom stereocenters. The Balaban J connectivity index is 2.38. The van der Waals surface area contributed by atoms with Crippen molar-refractivity contribution in [2.45, 2.75) is 6.42 Å². The van der Waals surface area contributed by atoms with E-state index in [0.29, 0.717) is 23.8 Å².